The second-order valence-electron chi connectivity index (χ2n) is 8.75. The molecule has 2 aromatic rings. The lowest BCUT2D eigenvalue weighted by atomic mass is 10.0. The minimum atomic E-state index is -3.69. The van der Waals surface area contributed by atoms with Gasteiger partial charge in [-0.1, -0.05) is 64.1 Å². The van der Waals surface area contributed by atoms with Crippen molar-refractivity contribution in [3.05, 3.63) is 65.7 Å². The van der Waals surface area contributed by atoms with Gasteiger partial charge in [0.25, 0.3) is 5.91 Å². The molecule has 0 aromatic heterocycles. The van der Waals surface area contributed by atoms with Crippen LogP contribution in [-0.2, 0) is 21.2 Å². The van der Waals surface area contributed by atoms with E-state index in [1.165, 1.54) is 22.0 Å². The summed E-state index contributed by atoms with van der Waals surface area (Å²) in [5.41, 5.74) is 1.40. The van der Waals surface area contributed by atoms with Crippen molar-refractivity contribution in [2.75, 3.05) is 13.1 Å². The highest BCUT2D eigenvalue weighted by atomic mass is 32.2. The molecule has 2 N–H and O–H groups in total. The largest absolute Gasteiger partial charge is 0.352 e. The van der Waals surface area contributed by atoms with Crippen LogP contribution in [0.2, 0.25) is 0 Å². The average Bonchev–Trinajstić information content (AvgIpc) is 2.82. The maximum atomic E-state index is 12.9. The molecule has 0 bridgehead atoms. The maximum Gasteiger partial charge on any atom is 0.251 e. The summed E-state index contributed by atoms with van der Waals surface area (Å²) in [5.74, 6) is -0.883. The molecule has 2 amide bonds. The molecule has 0 fully saturated rings. The van der Waals surface area contributed by atoms with Crippen LogP contribution in [0.15, 0.2) is 59.5 Å². The van der Waals surface area contributed by atoms with Crippen LogP contribution in [0.3, 0.4) is 0 Å². The molecule has 0 spiro atoms. The predicted molar refractivity (Wildman–Crippen MR) is 135 cm³/mol. The molecule has 0 aliphatic carbocycles. The fourth-order valence-electron chi connectivity index (χ4n) is 3.70. The van der Waals surface area contributed by atoms with E-state index in [0.717, 1.165) is 12.8 Å². The smallest absolute Gasteiger partial charge is 0.251 e. The molecular weight excluding hydrogens is 450 g/mol. The standard InChI is InChI=1S/C26H37N3O4S/c1-6-29(7-2)34(32,33)23-15-11-14-22(18-23)25(30)28-24(19(3)4)26(31)27-20(5)16-17-21-12-9-8-10-13-21/h8-15,18-20,24H,6-7,16-17H2,1-5H3,(H,27,31)(H,28,30)/t20?,24-/m1/s1. The molecule has 0 heterocycles. The molecule has 34 heavy (non-hydrogen) atoms. The Bertz CT molecular complexity index is 1050. The third kappa shape index (κ3) is 7.40. The minimum Gasteiger partial charge on any atom is -0.352 e. The van der Waals surface area contributed by atoms with Crippen molar-refractivity contribution < 1.29 is 18.0 Å². The molecular formula is C26H37N3O4S. The molecule has 0 aliphatic heterocycles. The molecule has 2 atom stereocenters. The van der Waals surface area contributed by atoms with E-state index in [9.17, 15) is 18.0 Å². The van der Waals surface area contributed by atoms with Crippen molar-refractivity contribution in [2.24, 2.45) is 5.92 Å². The minimum absolute atomic E-state index is 0.0592. The zero-order chi connectivity index (χ0) is 25.3. The fourth-order valence-corrected chi connectivity index (χ4v) is 5.21. The molecule has 2 rings (SSSR count). The lowest BCUT2D eigenvalue weighted by molar-refractivity contribution is -0.124. The summed E-state index contributed by atoms with van der Waals surface area (Å²) in [6, 6.07) is 15.2. The molecule has 7 nitrogen and oxygen atoms in total. The van der Waals surface area contributed by atoms with Crippen molar-refractivity contribution in [1.29, 1.82) is 0 Å². The Morgan fingerprint density at radius 3 is 2.15 bits per heavy atom. The van der Waals surface area contributed by atoms with Crippen molar-refractivity contribution in [3.63, 3.8) is 0 Å². The molecule has 0 saturated carbocycles. The first kappa shape index (κ1) is 27.5. The van der Waals surface area contributed by atoms with Crippen LogP contribution in [0.25, 0.3) is 0 Å². The SMILES string of the molecule is CCN(CC)S(=O)(=O)c1cccc(C(=O)N[C@@H](C(=O)NC(C)CCc2ccccc2)C(C)C)c1. The molecule has 0 radical (unpaired) electrons. The van der Waals surface area contributed by atoms with Gasteiger partial charge in [-0.25, -0.2) is 8.42 Å². The highest BCUT2D eigenvalue weighted by molar-refractivity contribution is 7.89. The van der Waals surface area contributed by atoms with Crippen LogP contribution in [0.1, 0.15) is 57.0 Å². The van der Waals surface area contributed by atoms with Crippen molar-refractivity contribution in [1.82, 2.24) is 14.9 Å². The zero-order valence-electron chi connectivity index (χ0n) is 20.7. The number of rotatable bonds is 12. The van der Waals surface area contributed by atoms with Gasteiger partial charge >= 0.3 is 0 Å². The van der Waals surface area contributed by atoms with Crippen LogP contribution in [0.5, 0.6) is 0 Å². The van der Waals surface area contributed by atoms with E-state index in [2.05, 4.69) is 22.8 Å². The Morgan fingerprint density at radius 1 is 0.912 bits per heavy atom. The average molecular weight is 488 g/mol. The molecule has 2 aromatic carbocycles. The van der Waals surface area contributed by atoms with Gasteiger partial charge in [0, 0.05) is 24.7 Å². The third-order valence-electron chi connectivity index (χ3n) is 5.77. The lowest BCUT2D eigenvalue weighted by Crippen LogP contribution is -2.51. The first-order valence-electron chi connectivity index (χ1n) is 11.9. The Morgan fingerprint density at radius 2 is 1.56 bits per heavy atom. The number of nitrogens with one attached hydrogen (secondary N) is 2. The summed E-state index contributed by atoms with van der Waals surface area (Å²) in [6.45, 7) is 9.89. The van der Waals surface area contributed by atoms with Gasteiger partial charge in [0.1, 0.15) is 6.04 Å². The van der Waals surface area contributed by atoms with Gasteiger partial charge in [-0.05, 0) is 49.4 Å². The van der Waals surface area contributed by atoms with E-state index in [0.29, 0.717) is 13.1 Å². The Kier molecular flexibility index (Phi) is 10.3. The summed E-state index contributed by atoms with van der Waals surface area (Å²) >= 11 is 0. The van der Waals surface area contributed by atoms with E-state index >= 15 is 0 Å². The van der Waals surface area contributed by atoms with E-state index < -0.39 is 22.0 Å². The Balaban J connectivity index is 2.07. The highest BCUT2D eigenvalue weighted by Gasteiger charge is 2.27. The van der Waals surface area contributed by atoms with E-state index in [1.807, 2.05) is 39.0 Å². The number of amides is 2. The quantitative estimate of drug-likeness (QED) is 0.478. The van der Waals surface area contributed by atoms with Crippen molar-refractivity contribution in [2.45, 2.75) is 64.4 Å². The van der Waals surface area contributed by atoms with Gasteiger partial charge in [-0.2, -0.15) is 4.31 Å². The van der Waals surface area contributed by atoms with Gasteiger partial charge in [0.05, 0.1) is 4.90 Å². The lowest BCUT2D eigenvalue weighted by Gasteiger charge is -2.24. The number of nitrogens with zero attached hydrogens (tertiary/aromatic N) is 1. The van der Waals surface area contributed by atoms with Crippen LogP contribution in [-0.4, -0.2) is 49.7 Å². The molecule has 0 aliphatic rings. The van der Waals surface area contributed by atoms with Crippen LogP contribution < -0.4 is 10.6 Å². The Labute approximate surface area is 204 Å². The fraction of sp³-hybridized carbons (Fsp3) is 0.462. The third-order valence-corrected chi connectivity index (χ3v) is 7.82. The van der Waals surface area contributed by atoms with Crippen molar-refractivity contribution in [3.8, 4) is 0 Å². The highest BCUT2D eigenvalue weighted by Crippen LogP contribution is 2.17. The van der Waals surface area contributed by atoms with E-state index in [-0.39, 0.29) is 28.3 Å². The number of hydrogen-bond acceptors (Lipinski definition) is 4. The van der Waals surface area contributed by atoms with Crippen molar-refractivity contribution >= 4 is 21.8 Å². The molecule has 8 heteroatoms. The first-order chi connectivity index (χ1) is 16.1. The topological polar surface area (TPSA) is 95.6 Å². The van der Waals surface area contributed by atoms with Crippen LogP contribution in [0.4, 0.5) is 0 Å². The monoisotopic (exact) mass is 487 g/mol. The van der Waals surface area contributed by atoms with Crippen LogP contribution >= 0.6 is 0 Å². The Hall–Kier alpha value is -2.71. The molecule has 0 saturated heterocycles. The predicted octanol–water partition coefficient (Wildman–Crippen LogP) is 3.61. The number of carbonyl (C=O) groups excluding carboxylic acids is 2. The van der Waals surface area contributed by atoms with Gasteiger partial charge < -0.3 is 10.6 Å². The van der Waals surface area contributed by atoms with E-state index in [1.54, 1.807) is 26.0 Å². The van der Waals surface area contributed by atoms with Gasteiger partial charge in [-0.15, -0.1) is 0 Å². The van der Waals surface area contributed by atoms with E-state index in [4.69, 9.17) is 0 Å². The maximum absolute atomic E-state index is 12.9. The first-order valence-corrected chi connectivity index (χ1v) is 13.3. The second-order valence-corrected chi connectivity index (χ2v) is 10.7. The summed E-state index contributed by atoms with van der Waals surface area (Å²) in [5, 5.41) is 5.79. The summed E-state index contributed by atoms with van der Waals surface area (Å²) in [7, 11) is -3.69. The number of carbonyl (C=O) groups is 2. The number of sulfonamides is 1. The zero-order valence-corrected chi connectivity index (χ0v) is 21.6. The number of aryl methyl sites for hydroxylation is 1. The molecule has 186 valence electrons. The van der Waals surface area contributed by atoms with Gasteiger partial charge in [-0.3, -0.25) is 9.59 Å². The second kappa shape index (κ2) is 12.7. The van der Waals surface area contributed by atoms with Gasteiger partial charge in [0.15, 0.2) is 0 Å². The van der Waals surface area contributed by atoms with Gasteiger partial charge in [0.2, 0.25) is 15.9 Å². The summed E-state index contributed by atoms with van der Waals surface area (Å²) in [4.78, 5) is 25.9. The summed E-state index contributed by atoms with van der Waals surface area (Å²) in [6.07, 6.45) is 1.62. The normalized spacial score (nSPS) is 13.5. The number of hydrogen-bond donors (Lipinski definition) is 2. The summed E-state index contributed by atoms with van der Waals surface area (Å²) < 4.78 is 27.0. The number of benzene rings is 2. The van der Waals surface area contributed by atoms with Crippen LogP contribution in [0, 0.1) is 5.92 Å². The molecule has 1 unspecified atom stereocenters.